The lowest BCUT2D eigenvalue weighted by atomic mass is 10.0. The van der Waals surface area contributed by atoms with Gasteiger partial charge in [-0.1, -0.05) is 52.6 Å². The van der Waals surface area contributed by atoms with E-state index in [1.807, 2.05) is 11.0 Å². The number of aliphatic hydroxyl groups excluding tert-OH is 1. The molecule has 2 atom stereocenters. The smallest absolute Gasteiger partial charge is 0.145 e. The molecule has 1 N–H and O–H groups in total. The van der Waals surface area contributed by atoms with Gasteiger partial charge in [0.05, 0.1) is 35.1 Å². The Morgan fingerprint density at radius 3 is 2.74 bits per heavy atom. The second-order valence-corrected chi connectivity index (χ2v) is 8.21. The topological polar surface area (TPSA) is 54.3 Å². The van der Waals surface area contributed by atoms with Gasteiger partial charge in [-0.05, 0) is 29.8 Å². The van der Waals surface area contributed by atoms with E-state index in [0.29, 0.717) is 42.7 Å². The van der Waals surface area contributed by atoms with E-state index in [0.717, 1.165) is 16.8 Å². The molecule has 0 unspecified atom stereocenters. The highest BCUT2D eigenvalue weighted by atomic mass is 35.5. The Labute approximate surface area is 191 Å². The van der Waals surface area contributed by atoms with E-state index in [1.165, 1.54) is 12.1 Å². The maximum absolute atomic E-state index is 13.3. The normalized spacial score (nSPS) is 16.8. The average Bonchev–Trinajstić information content (AvgIpc) is 3.20. The van der Waals surface area contributed by atoms with Crippen LogP contribution in [0.5, 0.6) is 0 Å². The summed E-state index contributed by atoms with van der Waals surface area (Å²) in [6, 6.07) is 11.7. The zero-order chi connectivity index (χ0) is 22.2. The molecule has 2 aromatic carbocycles. The number of nitrogens with zero attached hydrogens (tertiary/aromatic N) is 2. The van der Waals surface area contributed by atoms with Crippen molar-refractivity contribution in [3.05, 3.63) is 82.1 Å². The van der Waals surface area contributed by atoms with E-state index >= 15 is 0 Å². The van der Waals surface area contributed by atoms with Gasteiger partial charge >= 0.3 is 0 Å². The van der Waals surface area contributed by atoms with Gasteiger partial charge in [0.25, 0.3) is 0 Å². The van der Waals surface area contributed by atoms with Crippen molar-refractivity contribution in [2.24, 2.45) is 5.16 Å². The summed E-state index contributed by atoms with van der Waals surface area (Å²) in [6.07, 6.45) is 1.36. The van der Waals surface area contributed by atoms with Crippen LogP contribution in [-0.4, -0.2) is 54.2 Å². The molecule has 0 bridgehead atoms. The van der Waals surface area contributed by atoms with E-state index in [1.54, 1.807) is 30.3 Å². The lowest BCUT2D eigenvalue weighted by Crippen LogP contribution is -2.39. The summed E-state index contributed by atoms with van der Waals surface area (Å²) in [4.78, 5) is 7.69. The molecule has 0 amide bonds. The predicted octanol–water partition coefficient (Wildman–Crippen LogP) is 4.69. The van der Waals surface area contributed by atoms with Gasteiger partial charge in [-0.25, -0.2) is 4.39 Å². The van der Waals surface area contributed by atoms with E-state index in [-0.39, 0.29) is 18.5 Å². The zero-order valence-electron chi connectivity index (χ0n) is 17.0. The van der Waals surface area contributed by atoms with Crippen LogP contribution in [0.2, 0.25) is 10.0 Å². The number of hydrogen-bond donors (Lipinski definition) is 1. The Balaban J connectivity index is 1.62. The summed E-state index contributed by atoms with van der Waals surface area (Å²) in [6.45, 7) is 5.61. The maximum atomic E-state index is 13.3. The van der Waals surface area contributed by atoms with Gasteiger partial charge in [0.15, 0.2) is 0 Å². The second kappa shape index (κ2) is 11.6. The highest BCUT2D eigenvalue weighted by molar-refractivity contribution is 6.42. The van der Waals surface area contributed by atoms with Crippen molar-refractivity contribution in [3.8, 4) is 0 Å². The van der Waals surface area contributed by atoms with Crippen molar-refractivity contribution in [1.82, 2.24) is 4.90 Å². The maximum Gasteiger partial charge on any atom is 0.145 e. The third-order valence-electron chi connectivity index (χ3n) is 4.78. The molecule has 0 aliphatic carbocycles. The summed E-state index contributed by atoms with van der Waals surface area (Å²) in [5.41, 5.74) is 2.59. The number of hydrogen-bond acceptors (Lipinski definition) is 5. The number of benzene rings is 2. The first-order valence-corrected chi connectivity index (χ1v) is 10.7. The van der Waals surface area contributed by atoms with E-state index < -0.39 is 6.10 Å². The molecule has 166 valence electrons. The van der Waals surface area contributed by atoms with Gasteiger partial charge in [0, 0.05) is 31.6 Å². The Kier molecular flexibility index (Phi) is 8.87. The second-order valence-electron chi connectivity index (χ2n) is 7.40. The molecule has 1 aliphatic rings. The molecule has 8 heteroatoms. The summed E-state index contributed by atoms with van der Waals surface area (Å²) < 4.78 is 18.6. The summed E-state index contributed by atoms with van der Waals surface area (Å²) >= 11 is 12.1. The molecule has 31 heavy (non-hydrogen) atoms. The van der Waals surface area contributed by atoms with Crippen LogP contribution in [0.15, 0.2) is 60.3 Å². The van der Waals surface area contributed by atoms with Crippen LogP contribution >= 0.6 is 23.2 Å². The van der Waals surface area contributed by atoms with Crippen molar-refractivity contribution in [1.29, 1.82) is 0 Å². The van der Waals surface area contributed by atoms with Crippen LogP contribution in [-0.2, 0) is 16.1 Å². The minimum Gasteiger partial charge on any atom is -0.390 e. The Morgan fingerprint density at radius 1 is 1.26 bits per heavy atom. The van der Waals surface area contributed by atoms with Gasteiger partial charge in [-0.3, -0.25) is 4.90 Å². The molecular weight excluding hydrogens is 442 g/mol. The molecule has 0 radical (unpaired) electrons. The number of aliphatic hydroxyl groups is 1. The largest absolute Gasteiger partial charge is 0.390 e. The van der Waals surface area contributed by atoms with Crippen LogP contribution in [0.4, 0.5) is 4.39 Å². The first-order valence-electron chi connectivity index (χ1n) is 9.96. The number of rotatable bonds is 11. The van der Waals surface area contributed by atoms with Crippen molar-refractivity contribution < 1.29 is 19.1 Å². The van der Waals surface area contributed by atoms with Crippen LogP contribution in [0.1, 0.15) is 17.5 Å². The van der Waals surface area contributed by atoms with Gasteiger partial charge in [0.1, 0.15) is 11.9 Å². The van der Waals surface area contributed by atoms with Crippen LogP contribution in [0, 0.1) is 5.82 Å². The summed E-state index contributed by atoms with van der Waals surface area (Å²) in [7, 11) is 0. The monoisotopic (exact) mass is 466 g/mol. The molecule has 1 heterocycles. The molecule has 5 nitrogen and oxygen atoms in total. The standard InChI is InChI=1S/C23H25Cl2FN2O3/c1-2-9-30-15-19(29)13-28(12-16-3-6-18(26)7-4-16)14-20-11-23(27-31-20)17-5-8-21(24)22(25)10-17/h2-8,10,19-20,29H,1,9,11-15H2/t19-,20+/m1/s1. The Hall–Kier alpha value is -1.96. The number of ether oxygens (including phenoxy) is 1. The van der Waals surface area contributed by atoms with Crippen molar-refractivity contribution in [2.75, 3.05) is 26.3 Å². The van der Waals surface area contributed by atoms with E-state index in [2.05, 4.69) is 11.7 Å². The molecule has 3 rings (SSSR count). The minimum atomic E-state index is -0.683. The number of halogens is 3. The van der Waals surface area contributed by atoms with E-state index in [4.69, 9.17) is 32.8 Å². The van der Waals surface area contributed by atoms with Gasteiger partial charge in [0.2, 0.25) is 0 Å². The fourth-order valence-electron chi connectivity index (χ4n) is 3.35. The predicted molar refractivity (Wildman–Crippen MR) is 121 cm³/mol. The van der Waals surface area contributed by atoms with Crippen molar-refractivity contribution in [2.45, 2.75) is 25.2 Å². The molecule has 0 fully saturated rings. The zero-order valence-corrected chi connectivity index (χ0v) is 18.5. The molecule has 2 aromatic rings. The molecule has 1 aliphatic heterocycles. The highest BCUT2D eigenvalue weighted by Crippen LogP contribution is 2.26. The first kappa shape index (κ1) is 23.7. The molecule has 0 saturated carbocycles. The molecule has 0 aromatic heterocycles. The Bertz CT molecular complexity index is 908. The summed E-state index contributed by atoms with van der Waals surface area (Å²) in [5.74, 6) is -0.285. The average molecular weight is 467 g/mol. The van der Waals surface area contributed by atoms with E-state index in [9.17, 15) is 9.50 Å². The van der Waals surface area contributed by atoms with Gasteiger partial charge < -0.3 is 14.7 Å². The molecule has 0 spiro atoms. The summed E-state index contributed by atoms with van der Waals surface area (Å²) in [5, 5.41) is 15.5. The third kappa shape index (κ3) is 7.30. The molecule has 0 saturated heterocycles. The van der Waals surface area contributed by atoms with Crippen LogP contribution < -0.4 is 0 Å². The highest BCUT2D eigenvalue weighted by Gasteiger charge is 2.26. The number of oxime groups is 1. The molecular formula is C23H25Cl2FN2O3. The Morgan fingerprint density at radius 2 is 2.03 bits per heavy atom. The fourth-order valence-corrected chi connectivity index (χ4v) is 3.65. The van der Waals surface area contributed by atoms with Crippen LogP contribution in [0.3, 0.4) is 0 Å². The SMILES string of the molecule is C=CCOC[C@H](O)CN(Cc1ccc(F)cc1)C[C@@H]1CC(c2ccc(Cl)c(Cl)c2)=NO1. The third-order valence-corrected chi connectivity index (χ3v) is 5.52. The van der Waals surface area contributed by atoms with Gasteiger partial charge in [-0.15, -0.1) is 6.58 Å². The fraction of sp³-hybridized carbons (Fsp3) is 0.348. The van der Waals surface area contributed by atoms with Gasteiger partial charge in [-0.2, -0.15) is 0 Å². The van der Waals surface area contributed by atoms with Crippen molar-refractivity contribution in [3.63, 3.8) is 0 Å². The lowest BCUT2D eigenvalue weighted by molar-refractivity contribution is 0.00335. The van der Waals surface area contributed by atoms with Crippen LogP contribution in [0.25, 0.3) is 0 Å². The minimum absolute atomic E-state index is 0.189. The quantitative estimate of drug-likeness (QED) is 0.385. The first-order chi connectivity index (χ1) is 14.9. The van der Waals surface area contributed by atoms with Crippen molar-refractivity contribution >= 4 is 28.9 Å². The lowest BCUT2D eigenvalue weighted by Gasteiger charge is -2.27.